The molecule has 10 rings (SSSR count). The Balaban J connectivity index is 1.23. The van der Waals surface area contributed by atoms with Crippen LogP contribution in [0.2, 0.25) is 0 Å². The first-order chi connectivity index (χ1) is 28.4. The Morgan fingerprint density at radius 3 is 1.74 bits per heavy atom. The molecule has 58 heavy (non-hydrogen) atoms. The van der Waals surface area contributed by atoms with Gasteiger partial charge in [-0.2, -0.15) is 0 Å². The Hall–Kier alpha value is -7.16. The van der Waals surface area contributed by atoms with E-state index in [-0.39, 0.29) is 5.41 Å². The minimum absolute atomic E-state index is 0.0309. The number of nitrogens with zero attached hydrogens (tertiary/aromatic N) is 1. The van der Waals surface area contributed by atoms with Gasteiger partial charge in [0.05, 0.1) is 11.4 Å². The van der Waals surface area contributed by atoms with Crippen LogP contribution < -0.4 is 4.90 Å². The standard InChI is InChI=1S/C56H43NO/c1-56(2,3)43-32-34-52(50(37-43)39-19-8-5-9-20-39)57(44-24-14-23-41(35-44)42-31-33-48-47-26-11-13-30-53(47)58-54(48)36-42)51-29-12-10-25-46(51)49-28-16-22-40-21-15-27-45(55(40)49)38-17-6-4-7-18-38/h4-37H,1-3H3. The number of hydrogen-bond donors (Lipinski definition) is 0. The SMILES string of the molecule is CC(C)(C)c1ccc(N(c2cccc(-c3ccc4c(c3)oc3ccccc34)c2)c2ccccc2-c2cccc3cccc(-c4ccccc4)c23)c(-c2ccccc2)c1. The van der Waals surface area contributed by atoms with Gasteiger partial charge in [0.1, 0.15) is 11.2 Å². The quantitative estimate of drug-likeness (QED) is 0.162. The lowest BCUT2D eigenvalue weighted by Gasteiger charge is -2.32. The molecule has 1 aromatic heterocycles. The van der Waals surface area contributed by atoms with E-state index in [0.717, 1.165) is 55.7 Å². The molecule has 0 aliphatic heterocycles. The topological polar surface area (TPSA) is 16.4 Å². The van der Waals surface area contributed by atoms with Gasteiger partial charge in [0.15, 0.2) is 0 Å². The van der Waals surface area contributed by atoms with Gasteiger partial charge in [0.25, 0.3) is 0 Å². The van der Waals surface area contributed by atoms with E-state index in [1.165, 1.54) is 44.2 Å². The summed E-state index contributed by atoms with van der Waals surface area (Å²) in [7, 11) is 0. The van der Waals surface area contributed by atoms with Crippen LogP contribution in [0.15, 0.2) is 211 Å². The Bertz CT molecular complexity index is 3090. The van der Waals surface area contributed by atoms with Crippen molar-refractivity contribution in [3.05, 3.63) is 212 Å². The summed E-state index contributed by atoms with van der Waals surface area (Å²) in [6, 6.07) is 74.7. The molecule has 1 heterocycles. The Kier molecular flexibility index (Phi) is 8.76. The number of anilines is 3. The summed E-state index contributed by atoms with van der Waals surface area (Å²) in [6.07, 6.45) is 0. The summed E-state index contributed by atoms with van der Waals surface area (Å²) in [4.78, 5) is 2.47. The molecule has 0 bridgehead atoms. The lowest BCUT2D eigenvalue weighted by Crippen LogP contribution is -2.15. The predicted molar refractivity (Wildman–Crippen MR) is 246 cm³/mol. The monoisotopic (exact) mass is 745 g/mol. The highest BCUT2D eigenvalue weighted by atomic mass is 16.3. The van der Waals surface area contributed by atoms with Crippen LogP contribution in [0.1, 0.15) is 26.3 Å². The highest BCUT2D eigenvalue weighted by Gasteiger charge is 2.24. The molecule has 0 amide bonds. The molecule has 278 valence electrons. The van der Waals surface area contributed by atoms with Gasteiger partial charge in [-0.1, -0.05) is 178 Å². The second-order valence-electron chi connectivity index (χ2n) is 16.1. The molecule has 0 saturated carbocycles. The van der Waals surface area contributed by atoms with Crippen molar-refractivity contribution in [1.29, 1.82) is 0 Å². The molecular formula is C56H43NO. The largest absolute Gasteiger partial charge is 0.456 e. The Labute approximate surface area is 340 Å². The molecule has 0 aliphatic rings. The molecule has 0 unspecified atom stereocenters. The number of fused-ring (bicyclic) bond motifs is 4. The van der Waals surface area contributed by atoms with E-state index in [2.05, 4.69) is 220 Å². The van der Waals surface area contributed by atoms with E-state index in [0.29, 0.717) is 0 Å². The van der Waals surface area contributed by atoms with Gasteiger partial charge in [-0.15, -0.1) is 0 Å². The van der Waals surface area contributed by atoms with Crippen molar-refractivity contribution in [2.75, 3.05) is 4.90 Å². The molecule has 0 aliphatic carbocycles. The zero-order chi connectivity index (χ0) is 39.2. The fourth-order valence-electron chi connectivity index (χ4n) is 8.50. The summed E-state index contributed by atoms with van der Waals surface area (Å²) < 4.78 is 6.37. The second-order valence-corrected chi connectivity index (χ2v) is 16.1. The minimum atomic E-state index is -0.0309. The van der Waals surface area contributed by atoms with Gasteiger partial charge in [-0.05, 0) is 104 Å². The van der Waals surface area contributed by atoms with E-state index in [1.807, 2.05) is 12.1 Å². The van der Waals surface area contributed by atoms with Gasteiger partial charge in [0, 0.05) is 27.6 Å². The summed E-state index contributed by atoms with van der Waals surface area (Å²) in [5.41, 5.74) is 15.7. The number of hydrogen-bond acceptors (Lipinski definition) is 2. The first-order valence-electron chi connectivity index (χ1n) is 20.1. The Morgan fingerprint density at radius 2 is 0.966 bits per heavy atom. The maximum absolute atomic E-state index is 6.37. The van der Waals surface area contributed by atoms with Crippen LogP contribution >= 0.6 is 0 Å². The predicted octanol–water partition coefficient (Wildman–Crippen LogP) is 16.2. The third kappa shape index (κ3) is 6.33. The average molecular weight is 746 g/mol. The van der Waals surface area contributed by atoms with E-state index in [4.69, 9.17) is 4.42 Å². The molecule has 10 aromatic rings. The maximum atomic E-state index is 6.37. The van der Waals surface area contributed by atoms with E-state index in [1.54, 1.807) is 0 Å². The van der Waals surface area contributed by atoms with Gasteiger partial charge < -0.3 is 9.32 Å². The second kappa shape index (κ2) is 14.4. The van der Waals surface area contributed by atoms with Crippen molar-refractivity contribution in [3.63, 3.8) is 0 Å². The van der Waals surface area contributed by atoms with Crippen LogP contribution in [0.25, 0.3) is 77.2 Å². The molecule has 9 aromatic carbocycles. The fourth-order valence-corrected chi connectivity index (χ4v) is 8.50. The molecule has 0 fully saturated rings. The van der Waals surface area contributed by atoms with E-state index in [9.17, 15) is 0 Å². The normalized spacial score (nSPS) is 11.7. The lowest BCUT2D eigenvalue weighted by molar-refractivity contribution is 0.590. The summed E-state index contributed by atoms with van der Waals surface area (Å²) in [6.45, 7) is 6.87. The Morgan fingerprint density at radius 1 is 0.379 bits per heavy atom. The van der Waals surface area contributed by atoms with Crippen LogP contribution in [-0.4, -0.2) is 0 Å². The third-order valence-electron chi connectivity index (χ3n) is 11.4. The summed E-state index contributed by atoms with van der Waals surface area (Å²) in [5, 5.41) is 4.71. The van der Waals surface area contributed by atoms with Gasteiger partial charge in [-0.25, -0.2) is 0 Å². The number of para-hydroxylation sites is 2. The van der Waals surface area contributed by atoms with Crippen LogP contribution in [0, 0.1) is 0 Å². The summed E-state index contributed by atoms with van der Waals surface area (Å²) >= 11 is 0. The molecule has 0 saturated heterocycles. The van der Waals surface area contributed by atoms with Crippen molar-refractivity contribution >= 4 is 49.8 Å². The fraction of sp³-hybridized carbons (Fsp3) is 0.0714. The summed E-state index contributed by atoms with van der Waals surface area (Å²) in [5.74, 6) is 0. The number of furan rings is 1. The zero-order valence-electron chi connectivity index (χ0n) is 33.0. The molecule has 0 atom stereocenters. The van der Waals surface area contributed by atoms with Crippen molar-refractivity contribution in [1.82, 2.24) is 0 Å². The molecule has 2 heteroatoms. The molecule has 0 spiro atoms. The van der Waals surface area contributed by atoms with Crippen molar-refractivity contribution in [2.24, 2.45) is 0 Å². The van der Waals surface area contributed by atoms with Crippen LogP contribution in [-0.2, 0) is 5.41 Å². The molecule has 0 radical (unpaired) electrons. The lowest BCUT2D eigenvalue weighted by atomic mass is 9.84. The maximum Gasteiger partial charge on any atom is 0.136 e. The highest BCUT2D eigenvalue weighted by Crippen LogP contribution is 2.48. The van der Waals surface area contributed by atoms with Gasteiger partial charge in [-0.3, -0.25) is 0 Å². The van der Waals surface area contributed by atoms with Crippen molar-refractivity contribution < 1.29 is 4.42 Å². The average Bonchev–Trinajstić information content (AvgIpc) is 3.65. The van der Waals surface area contributed by atoms with Crippen LogP contribution in [0.4, 0.5) is 17.1 Å². The third-order valence-corrected chi connectivity index (χ3v) is 11.4. The minimum Gasteiger partial charge on any atom is -0.456 e. The van der Waals surface area contributed by atoms with Gasteiger partial charge in [0.2, 0.25) is 0 Å². The molecule has 0 N–H and O–H groups in total. The highest BCUT2D eigenvalue weighted by molar-refractivity contribution is 6.09. The molecule has 2 nitrogen and oxygen atoms in total. The van der Waals surface area contributed by atoms with E-state index >= 15 is 0 Å². The van der Waals surface area contributed by atoms with E-state index < -0.39 is 0 Å². The zero-order valence-corrected chi connectivity index (χ0v) is 33.0. The first-order valence-corrected chi connectivity index (χ1v) is 20.1. The van der Waals surface area contributed by atoms with Crippen molar-refractivity contribution in [2.45, 2.75) is 26.2 Å². The number of rotatable bonds is 7. The smallest absolute Gasteiger partial charge is 0.136 e. The van der Waals surface area contributed by atoms with Gasteiger partial charge >= 0.3 is 0 Å². The number of benzene rings is 9. The first kappa shape index (κ1) is 35.3. The molecular weight excluding hydrogens is 703 g/mol. The van der Waals surface area contributed by atoms with Crippen LogP contribution in [0.5, 0.6) is 0 Å². The van der Waals surface area contributed by atoms with Crippen molar-refractivity contribution in [3.8, 4) is 44.5 Å². The van der Waals surface area contributed by atoms with Crippen LogP contribution in [0.3, 0.4) is 0 Å².